The van der Waals surface area contributed by atoms with Gasteiger partial charge in [-0.3, -0.25) is 0 Å². The number of nitrogens with zero attached hydrogens (tertiary/aromatic N) is 1. The summed E-state index contributed by atoms with van der Waals surface area (Å²) in [5.74, 6) is 0. The Kier molecular flexibility index (Phi) is 8.89. The molecule has 2 heteroatoms. The summed E-state index contributed by atoms with van der Waals surface area (Å²) in [6.45, 7) is 0. The number of hydrogen-bond acceptors (Lipinski definition) is 2. The molecule has 13 aromatic rings. The lowest BCUT2D eigenvalue weighted by Crippen LogP contribution is -2.10. The van der Waals surface area contributed by atoms with Crippen molar-refractivity contribution >= 4 is 82.1 Å². The SMILES string of the molecule is c1ccc(-c2c(-c3ccccc3)c3cc(-c4ccc(N(c5ccc(-c6cccc7c6ccc6ccccc67)cc5)c5cccc6c5oc5ccccc56)cc4)ccc3c3ccccc23)cc1. The van der Waals surface area contributed by atoms with E-state index in [-0.39, 0.29) is 0 Å². The van der Waals surface area contributed by atoms with Crippen LogP contribution < -0.4 is 4.90 Å². The Labute approximate surface area is 382 Å². The number of furan rings is 1. The van der Waals surface area contributed by atoms with Crippen molar-refractivity contribution in [3.8, 4) is 44.5 Å². The van der Waals surface area contributed by atoms with Gasteiger partial charge >= 0.3 is 0 Å². The van der Waals surface area contributed by atoms with E-state index >= 15 is 0 Å². The highest BCUT2D eigenvalue weighted by molar-refractivity contribution is 6.22. The molecule has 0 saturated heterocycles. The number of para-hydroxylation sites is 2. The van der Waals surface area contributed by atoms with E-state index in [1.54, 1.807) is 0 Å². The van der Waals surface area contributed by atoms with Gasteiger partial charge in [0.1, 0.15) is 5.58 Å². The standard InChI is InChI=1S/C64H41NO/c1-3-16-45(17-4-1)62-57-23-10-9-21-53(57)55-40-34-47(41-59(55)63(62)46-18-5-2-6-19-46)42-29-35-48(36-30-42)65(60-27-14-26-58-56-22-11-12-28-61(56)66-64(58)60)49-37-31-44(32-38-49)51-24-13-25-52-50-20-8-7-15-43(50)33-39-54(51)52/h1-41H. The van der Waals surface area contributed by atoms with Gasteiger partial charge in [0, 0.05) is 22.1 Å². The van der Waals surface area contributed by atoms with Crippen LogP contribution in [0.25, 0.3) is 110 Å². The zero-order chi connectivity index (χ0) is 43.6. The molecule has 0 fully saturated rings. The average molecular weight is 840 g/mol. The zero-order valence-corrected chi connectivity index (χ0v) is 36.0. The van der Waals surface area contributed by atoms with Crippen LogP contribution in [0.5, 0.6) is 0 Å². The molecule has 0 aliphatic carbocycles. The van der Waals surface area contributed by atoms with Gasteiger partial charge in [-0.2, -0.15) is 0 Å². The van der Waals surface area contributed by atoms with E-state index in [2.05, 4.69) is 248 Å². The van der Waals surface area contributed by atoms with Crippen molar-refractivity contribution in [1.29, 1.82) is 0 Å². The molecule has 66 heavy (non-hydrogen) atoms. The second-order valence-electron chi connectivity index (χ2n) is 17.2. The topological polar surface area (TPSA) is 16.4 Å². The van der Waals surface area contributed by atoms with E-state index in [0.717, 1.165) is 44.6 Å². The Morgan fingerprint density at radius 3 is 1.53 bits per heavy atom. The predicted molar refractivity (Wildman–Crippen MR) is 280 cm³/mol. The second-order valence-corrected chi connectivity index (χ2v) is 17.2. The summed E-state index contributed by atoms with van der Waals surface area (Å²) in [6.07, 6.45) is 0. The molecular formula is C64H41NO. The van der Waals surface area contributed by atoms with Gasteiger partial charge in [0.05, 0.1) is 5.69 Å². The maximum Gasteiger partial charge on any atom is 0.159 e. The van der Waals surface area contributed by atoms with E-state index in [1.807, 2.05) is 6.07 Å². The minimum atomic E-state index is 0.859. The molecule has 0 aliphatic heterocycles. The Balaban J connectivity index is 0.957. The Morgan fingerprint density at radius 1 is 0.273 bits per heavy atom. The van der Waals surface area contributed by atoms with Gasteiger partial charge in [-0.15, -0.1) is 0 Å². The van der Waals surface area contributed by atoms with E-state index in [4.69, 9.17) is 4.42 Å². The number of hydrogen-bond donors (Lipinski definition) is 0. The van der Waals surface area contributed by atoms with E-state index in [9.17, 15) is 0 Å². The summed E-state index contributed by atoms with van der Waals surface area (Å²) in [5, 5.41) is 12.2. The second kappa shape index (κ2) is 15.5. The van der Waals surface area contributed by atoms with Crippen LogP contribution in [0, 0.1) is 0 Å². The highest BCUT2D eigenvalue weighted by Gasteiger charge is 2.21. The molecule has 0 N–H and O–H groups in total. The first-order valence-corrected chi connectivity index (χ1v) is 22.7. The maximum absolute atomic E-state index is 6.70. The number of benzene rings is 12. The molecule has 0 aliphatic rings. The third-order valence-corrected chi connectivity index (χ3v) is 13.5. The molecule has 0 radical (unpaired) electrons. The van der Waals surface area contributed by atoms with Crippen molar-refractivity contribution in [3.63, 3.8) is 0 Å². The maximum atomic E-state index is 6.70. The van der Waals surface area contributed by atoms with E-state index in [1.165, 1.54) is 82.0 Å². The first kappa shape index (κ1) is 37.8. The molecule has 1 heterocycles. The molecule has 0 atom stereocenters. The number of fused-ring (bicyclic) bond motifs is 9. The van der Waals surface area contributed by atoms with Crippen LogP contribution >= 0.6 is 0 Å². The van der Waals surface area contributed by atoms with Crippen molar-refractivity contribution in [1.82, 2.24) is 0 Å². The van der Waals surface area contributed by atoms with Crippen LogP contribution in [0.1, 0.15) is 0 Å². The average Bonchev–Trinajstić information content (AvgIpc) is 3.78. The summed E-state index contributed by atoms with van der Waals surface area (Å²) in [7, 11) is 0. The molecule has 0 saturated carbocycles. The van der Waals surface area contributed by atoms with Crippen molar-refractivity contribution in [2.24, 2.45) is 0 Å². The van der Waals surface area contributed by atoms with E-state index < -0.39 is 0 Å². The fraction of sp³-hybridized carbons (Fsp3) is 0. The van der Waals surface area contributed by atoms with Crippen LogP contribution in [-0.2, 0) is 0 Å². The van der Waals surface area contributed by atoms with Gasteiger partial charge in [0.15, 0.2) is 5.58 Å². The zero-order valence-electron chi connectivity index (χ0n) is 36.0. The largest absolute Gasteiger partial charge is 0.454 e. The summed E-state index contributed by atoms with van der Waals surface area (Å²) >= 11 is 0. The minimum Gasteiger partial charge on any atom is -0.454 e. The van der Waals surface area contributed by atoms with Gasteiger partial charge in [-0.25, -0.2) is 0 Å². The van der Waals surface area contributed by atoms with Crippen LogP contribution in [0.3, 0.4) is 0 Å². The molecule has 0 spiro atoms. The van der Waals surface area contributed by atoms with Gasteiger partial charge in [0.25, 0.3) is 0 Å². The Morgan fingerprint density at radius 2 is 0.788 bits per heavy atom. The summed E-state index contributed by atoms with van der Waals surface area (Å²) < 4.78 is 6.70. The molecule has 1 aromatic heterocycles. The fourth-order valence-electron chi connectivity index (χ4n) is 10.4. The van der Waals surface area contributed by atoms with Crippen LogP contribution in [0.15, 0.2) is 253 Å². The summed E-state index contributed by atoms with van der Waals surface area (Å²) in [6, 6.07) is 90.1. The lowest BCUT2D eigenvalue weighted by molar-refractivity contribution is 0.669. The molecule has 0 bridgehead atoms. The van der Waals surface area contributed by atoms with Gasteiger partial charge < -0.3 is 9.32 Å². The number of anilines is 3. The molecular weight excluding hydrogens is 799 g/mol. The smallest absolute Gasteiger partial charge is 0.159 e. The molecule has 308 valence electrons. The number of rotatable bonds is 7. The highest BCUT2D eigenvalue weighted by Crippen LogP contribution is 2.47. The minimum absolute atomic E-state index is 0.859. The normalized spacial score (nSPS) is 11.6. The van der Waals surface area contributed by atoms with Crippen molar-refractivity contribution in [2.75, 3.05) is 4.90 Å². The van der Waals surface area contributed by atoms with Crippen molar-refractivity contribution in [3.05, 3.63) is 249 Å². The quantitative estimate of drug-likeness (QED) is 0.149. The fourth-order valence-corrected chi connectivity index (χ4v) is 10.4. The van der Waals surface area contributed by atoms with E-state index in [0.29, 0.717) is 0 Å². The van der Waals surface area contributed by atoms with Crippen LogP contribution in [0.2, 0.25) is 0 Å². The predicted octanol–water partition coefficient (Wildman–Crippen LogP) is 18.3. The van der Waals surface area contributed by atoms with Gasteiger partial charge in [0.2, 0.25) is 0 Å². The van der Waals surface area contributed by atoms with Gasteiger partial charge in [-0.05, 0) is 130 Å². The molecule has 0 unspecified atom stereocenters. The van der Waals surface area contributed by atoms with Crippen LogP contribution in [-0.4, -0.2) is 0 Å². The first-order chi connectivity index (χ1) is 32.7. The third kappa shape index (κ3) is 6.18. The highest BCUT2D eigenvalue weighted by atomic mass is 16.3. The Hall–Kier alpha value is -8.72. The van der Waals surface area contributed by atoms with Crippen molar-refractivity contribution in [2.45, 2.75) is 0 Å². The van der Waals surface area contributed by atoms with Gasteiger partial charge in [-0.1, -0.05) is 206 Å². The van der Waals surface area contributed by atoms with Crippen molar-refractivity contribution < 1.29 is 4.42 Å². The lowest BCUT2D eigenvalue weighted by Gasteiger charge is -2.26. The summed E-state index contributed by atoms with van der Waals surface area (Å²) in [4.78, 5) is 2.33. The first-order valence-electron chi connectivity index (χ1n) is 22.7. The molecule has 0 amide bonds. The third-order valence-electron chi connectivity index (χ3n) is 13.5. The molecule has 12 aromatic carbocycles. The van der Waals surface area contributed by atoms with Crippen LogP contribution in [0.4, 0.5) is 17.1 Å². The molecule has 13 rings (SSSR count). The summed E-state index contributed by atoms with van der Waals surface area (Å²) in [5.41, 5.74) is 14.4. The lowest BCUT2D eigenvalue weighted by atomic mass is 9.84. The molecule has 2 nitrogen and oxygen atoms in total. The monoisotopic (exact) mass is 839 g/mol. The Bertz CT molecular complexity index is 3960.